The zero-order chi connectivity index (χ0) is 19.2. The molecule has 2 aromatic rings. The van der Waals surface area contributed by atoms with Crippen LogP contribution in [-0.2, 0) is 4.74 Å². The average molecular weight is 369 g/mol. The average Bonchev–Trinajstić information content (AvgIpc) is 3.21. The number of carbonyl (C=O) groups excluding carboxylic acids is 2. The summed E-state index contributed by atoms with van der Waals surface area (Å²) in [5.41, 5.74) is 1.45. The number of rotatable bonds is 6. The lowest BCUT2D eigenvalue weighted by Gasteiger charge is -2.17. The zero-order valence-corrected chi connectivity index (χ0v) is 15.5. The zero-order valence-electron chi connectivity index (χ0n) is 15.5. The number of hydrogen-bond donors (Lipinski definition) is 1. The lowest BCUT2D eigenvalue weighted by molar-refractivity contribution is 0.0600. The van der Waals surface area contributed by atoms with E-state index in [1.165, 1.54) is 20.0 Å². The number of esters is 1. The summed E-state index contributed by atoms with van der Waals surface area (Å²) in [6.45, 7) is 0. The Morgan fingerprint density at radius 2 is 1.59 bits per heavy atom. The molecule has 1 aliphatic rings. The van der Waals surface area contributed by atoms with Crippen LogP contribution in [0.4, 0.5) is 5.69 Å². The Morgan fingerprint density at radius 3 is 2.22 bits per heavy atom. The second-order valence-electron chi connectivity index (χ2n) is 6.41. The van der Waals surface area contributed by atoms with Crippen molar-refractivity contribution >= 4 is 17.6 Å². The minimum Gasteiger partial charge on any atom is -0.493 e. The van der Waals surface area contributed by atoms with Crippen molar-refractivity contribution in [3.63, 3.8) is 0 Å². The minimum atomic E-state index is -0.439. The molecule has 0 radical (unpaired) electrons. The van der Waals surface area contributed by atoms with Gasteiger partial charge in [0.05, 0.1) is 25.9 Å². The minimum absolute atomic E-state index is 0.190. The normalized spacial score (nSPS) is 13.9. The Hall–Kier alpha value is -3.02. The van der Waals surface area contributed by atoms with Crippen LogP contribution in [0.25, 0.3) is 0 Å². The molecular formula is C21H23NO5. The highest BCUT2D eigenvalue weighted by atomic mass is 16.5. The summed E-state index contributed by atoms with van der Waals surface area (Å²) >= 11 is 0. The number of anilines is 1. The van der Waals surface area contributed by atoms with E-state index in [1.807, 2.05) is 0 Å². The summed E-state index contributed by atoms with van der Waals surface area (Å²) in [7, 11) is 2.91. The first-order valence-corrected chi connectivity index (χ1v) is 8.95. The maximum atomic E-state index is 12.5. The molecule has 0 unspecified atom stereocenters. The van der Waals surface area contributed by atoms with Crippen LogP contribution in [0.15, 0.2) is 42.5 Å². The molecule has 0 aliphatic heterocycles. The van der Waals surface area contributed by atoms with Crippen molar-refractivity contribution in [3.05, 3.63) is 53.6 Å². The number of methoxy groups -OCH3 is 2. The van der Waals surface area contributed by atoms with Gasteiger partial charge < -0.3 is 19.5 Å². The molecule has 3 rings (SSSR count). The molecule has 6 heteroatoms. The Balaban J connectivity index is 1.72. The highest BCUT2D eigenvalue weighted by molar-refractivity contribution is 6.05. The summed E-state index contributed by atoms with van der Waals surface area (Å²) in [4.78, 5) is 24.0. The maximum absolute atomic E-state index is 12.5. The molecule has 2 aromatic carbocycles. The molecule has 6 nitrogen and oxygen atoms in total. The smallest absolute Gasteiger partial charge is 0.337 e. The highest BCUT2D eigenvalue weighted by Crippen LogP contribution is 2.34. The van der Waals surface area contributed by atoms with Crippen molar-refractivity contribution < 1.29 is 23.8 Å². The number of carbonyl (C=O) groups is 2. The van der Waals surface area contributed by atoms with E-state index in [1.54, 1.807) is 49.6 Å². The van der Waals surface area contributed by atoms with Crippen LogP contribution < -0.4 is 14.8 Å². The fourth-order valence-electron chi connectivity index (χ4n) is 3.11. The van der Waals surface area contributed by atoms with Gasteiger partial charge in [-0.25, -0.2) is 4.79 Å². The SMILES string of the molecule is COC(=O)c1ccc(C(=O)Nc2ccc(OC)c(OC3CCCC3)c2)cc1. The third-order valence-electron chi connectivity index (χ3n) is 4.59. The Bertz CT molecular complexity index is 810. The van der Waals surface area contributed by atoms with Gasteiger partial charge in [0.15, 0.2) is 11.5 Å². The van der Waals surface area contributed by atoms with Gasteiger partial charge in [0.25, 0.3) is 5.91 Å². The Morgan fingerprint density at radius 1 is 0.926 bits per heavy atom. The molecule has 1 amide bonds. The summed E-state index contributed by atoms with van der Waals surface area (Å²) in [5.74, 6) is 0.555. The first-order valence-electron chi connectivity index (χ1n) is 8.95. The number of ether oxygens (including phenoxy) is 3. The molecule has 0 aromatic heterocycles. The van der Waals surface area contributed by atoms with E-state index in [0.29, 0.717) is 28.3 Å². The van der Waals surface area contributed by atoms with E-state index in [9.17, 15) is 9.59 Å². The first kappa shape index (κ1) is 18.8. The van der Waals surface area contributed by atoms with Crippen molar-refractivity contribution in [1.82, 2.24) is 0 Å². The molecule has 0 heterocycles. The highest BCUT2D eigenvalue weighted by Gasteiger charge is 2.19. The van der Waals surface area contributed by atoms with Crippen molar-refractivity contribution in [1.29, 1.82) is 0 Å². The fraction of sp³-hybridized carbons (Fsp3) is 0.333. The van der Waals surface area contributed by atoms with Crippen LogP contribution >= 0.6 is 0 Å². The first-order chi connectivity index (χ1) is 13.1. The number of hydrogen-bond acceptors (Lipinski definition) is 5. The van der Waals surface area contributed by atoms with Crippen molar-refractivity contribution in [2.24, 2.45) is 0 Å². The number of amides is 1. The van der Waals surface area contributed by atoms with Crippen LogP contribution in [-0.4, -0.2) is 32.2 Å². The van der Waals surface area contributed by atoms with Crippen LogP contribution in [0.3, 0.4) is 0 Å². The third-order valence-corrected chi connectivity index (χ3v) is 4.59. The van der Waals surface area contributed by atoms with Crippen LogP contribution in [0, 0.1) is 0 Å². The van der Waals surface area contributed by atoms with E-state index < -0.39 is 5.97 Å². The summed E-state index contributed by atoms with van der Waals surface area (Å²) in [6, 6.07) is 11.6. The quantitative estimate of drug-likeness (QED) is 0.778. The second-order valence-corrected chi connectivity index (χ2v) is 6.41. The van der Waals surface area contributed by atoms with Crippen molar-refractivity contribution in [2.75, 3.05) is 19.5 Å². The molecule has 0 atom stereocenters. The van der Waals surface area contributed by atoms with E-state index in [4.69, 9.17) is 9.47 Å². The molecule has 142 valence electrons. The van der Waals surface area contributed by atoms with E-state index in [2.05, 4.69) is 10.1 Å². The summed E-state index contributed by atoms with van der Waals surface area (Å²) in [6.07, 6.45) is 4.60. The van der Waals surface area contributed by atoms with Gasteiger partial charge in [-0.2, -0.15) is 0 Å². The van der Waals surface area contributed by atoms with Crippen LogP contribution in [0.5, 0.6) is 11.5 Å². The van der Waals surface area contributed by atoms with Gasteiger partial charge in [-0.15, -0.1) is 0 Å². The summed E-state index contributed by atoms with van der Waals surface area (Å²) < 4.78 is 16.1. The van der Waals surface area contributed by atoms with Gasteiger partial charge in [0, 0.05) is 17.3 Å². The fourth-order valence-corrected chi connectivity index (χ4v) is 3.11. The van der Waals surface area contributed by atoms with Gasteiger partial charge in [-0.1, -0.05) is 0 Å². The van der Waals surface area contributed by atoms with Crippen molar-refractivity contribution in [3.8, 4) is 11.5 Å². The Kier molecular flexibility index (Phi) is 5.96. The van der Waals surface area contributed by atoms with E-state index in [-0.39, 0.29) is 12.0 Å². The van der Waals surface area contributed by atoms with Gasteiger partial charge >= 0.3 is 5.97 Å². The predicted molar refractivity (Wildman–Crippen MR) is 102 cm³/mol. The molecule has 1 saturated carbocycles. The lowest BCUT2D eigenvalue weighted by atomic mass is 10.1. The van der Waals surface area contributed by atoms with Gasteiger partial charge in [-0.05, 0) is 62.1 Å². The van der Waals surface area contributed by atoms with Crippen LogP contribution in [0.1, 0.15) is 46.4 Å². The molecule has 27 heavy (non-hydrogen) atoms. The second kappa shape index (κ2) is 8.58. The molecule has 1 fully saturated rings. The van der Waals surface area contributed by atoms with E-state index >= 15 is 0 Å². The van der Waals surface area contributed by atoms with Crippen LogP contribution in [0.2, 0.25) is 0 Å². The number of benzene rings is 2. The molecule has 1 N–H and O–H groups in total. The van der Waals surface area contributed by atoms with Crippen molar-refractivity contribution in [2.45, 2.75) is 31.8 Å². The third kappa shape index (κ3) is 4.58. The monoisotopic (exact) mass is 369 g/mol. The molecule has 0 bridgehead atoms. The maximum Gasteiger partial charge on any atom is 0.337 e. The Labute approximate surface area is 158 Å². The summed E-state index contributed by atoms with van der Waals surface area (Å²) in [5, 5.41) is 2.85. The van der Waals surface area contributed by atoms with Gasteiger partial charge in [0.1, 0.15) is 0 Å². The standard InChI is InChI=1S/C21H23NO5/c1-25-18-12-11-16(13-19(18)27-17-5-3-4-6-17)22-20(23)14-7-9-15(10-8-14)21(24)26-2/h7-13,17H,3-6H2,1-2H3,(H,22,23). The topological polar surface area (TPSA) is 73.9 Å². The lowest BCUT2D eigenvalue weighted by Crippen LogP contribution is -2.14. The molecule has 0 saturated heterocycles. The largest absolute Gasteiger partial charge is 0.493 e. The van der Waals surface area contributed by atoms with Gasteiger partial charge in [-0.3, -0.25) is 4.79 Å². The van der Waals surface area contributed by atoms with Gasteiger partial charge in [0.2, 0.25) is 0 Å². The molecular weight excluding hydrogens is 346 g/mol. The molecule has 1 aliphatic carbocycles. The predicted octanol–water partition coefficient (Wildman–Crippen LogP) is 4.06. The number of nitrogens with one attached hydrogen (secondary N) is 1. The van der Waals surface area contributed by atoms with E-state index in [0.717, 1.165) is 12.8 Å². The molecule has 0 spiro atoms.